The van der Waals surface area contributed by atoms with E-state index in [1.165, 1.54) is 0 Å². The monoisotopic (exact) mass is 295 g/mol. The molecule has 0 saturated carbocycles. The predicted molar refractivity (Wildman–Crippen MR) is 76.1 cm³/mol. The van der Waals surface area contributed by atoms with Crippen LogP contribution in [0.15, 0.2) is 18.2 Å². The molecule has 1 aromatic carbocycles. The molecule has 1 fully saturated rings. The van der Waals surface area contributed by atoms with E-state index in [2.05, 4.69) is 4.90 Å². The van der Waals surface area contributed by atoms with Crippen LogP contribution in [-0.4, -0.2) is 43.6 Å². The molecule has 5 nitrogen and oxygen atoms in total. The van der Waals surface area contributed by atoms with Crippen molar-refractivity contribution in [3.8, 4) is 0 Å². The smallest absolute Gasteiger partial charge is 0.336 e. The lowest BCUT2D eigenvalue weighted by Gasteiger charge is -2.36. The van der Waals surface area contributed by atoms with Crippen molar-refractivity contribution in [2.24, 2.45) is 0 Å². The second kappa shape index (κ2) is 4.77. The number of aromatic carboxylic acids is 1. The molecular weight excluding hydrogens is 278 g/mol. The zero-order chi connectivity index (χ0) is 14.3. The molecule has 1 saturated heterocycles. The van der Waals surface area contributed by atoms with Gasteiger partial charge in [0.05, 0.1) is 17.1 Å². The summed E-state index contributed by atoms with van der Waals surface area (Å²) >= 11 is 0. The highest BCUT2D eigenvalue weighted by Gasteiger charge is 2.34. The summed E-state index contributed by atoms with van der Waals surface area (Å²) in [5, 5.41) is 9.26. The largest absolute Gasteiger partial charge is 0.478 e. The van der Waals surface area contributed by atoms with Crippen LogP contribution in [0.3, 0.4) is 0 Å². The third kappa shape index (κ3) is 2.28. The molecule has 0 aromatic heterocycles. The standard InChI is InChI=1S/C14H17NO4S/c16-14(17)12-3-1-5-13-11(12)4-2-7-15(13)10-6-8-20(18,19)9-10/h1,3,5,10H,2,4,6-9H2,(H,16,17). The number of hydrogen-bond donors (Lipinski definition) is 1. The first kappa shape index (κ1) is 13.4. The lowest BCUT2D eigenvalue weighted by molar-refractivity contribution is 0.0695. The molecule has 0 radical (unpaired) electrons. The Morgan fingerprint density at radius 3 is 2.80 bits per heavy atom. The Hall–Kier alpha value is -1.56. The highest BCUT2D eigenvalue weighted by molar-refractivity contribution is 7.91. The number of carbonyl (C=O) groups is 1. The SMILES string of the molecule is O=C(O)c1cccc2c1CCCN2C1CCS(=O)(=O)C1. The Bertz CT molecular complexity index is 653. The number of carboxylic acids is 1. The molecule has 1 aromatic rings. The maximum absolute atomic E-state index is 11.6. The number of rotatable bonds is 2. The maximum Gasteiger partial charge on any atom is 0.336 e. The Morgan fingerprint density at radius 2 is 2.15 bits per heavy atom. The number of carboxylic acid groups (broad SMARTS) is 1. The van der Waals surface area contributed by atoms with E-state index in [0.717, 1.165) is 30.6 Å². The second-order valence-corrected chi connectivity index (χ2v) is 7.69. The van der Waals surface area contributed by atoms with E-state index in [-0.39, 0.29) is 17.5 Å². The summed E-state index contributed by atoms with van der Waals surface area (Å²) < 4.78 is 23.3. The van der Waals surface area contributed by atoms with Gasteiger partial charge in [-0.25, -0.2) is 13.2 Å². The minimum Gasteiger partial charge on any atom is -0.478 e. The summed E-state index contributed by atoms with van der Waals surface area (Å²) in [5.41, 5.74) is 2.09. The van der Waals surface area contributed by atoms with Crippen LogP contribution in [-0.2, 0) is 16.3 Å². The Labute approximate surface area is 118 Å². The van der Waals surface area contributed by atoms with Crippen LogP contribution in [0.25, 0.3) is 0 Å². The van der Waals surface area contributed by atoms with Gasteiger partial charge in [0.15, 0.2) is 9.84 Å². The minimum atomic E-state index is -2.93. The average molecular weight is 295 g/mol. The van der Waals surface area contributed by atoms with Gasteiger partial charge in [-0.3, -0.25) is 0 Å². The Kier molecular flexibility index (Phi) is 3.20. The van der Waals surface area contributed by atoms with Gasteiger partial charge < -0.3 is 10.0 Å². The van der Waals surface area contributed by atoms with E-state index >= 15 is 0 Å². The lowest BCUT2D eigenvalue weighted by Crippen LogP contribution is -2.40. The highest BCUT2D eigenvalue weighted by atomic mass is 32.2. The number of nitrogens with zero attached hydrogens (tertiary/aromatic N) is 1. The normalized spacial score (nSPS) is 24.4. The second-order valence-electron chi connectivity index (χ2n) is 5.46. The van der Waals surface area contributed by atoms with Gasteiger partial charge in [-0.05, 0) is 37.0 Å². The summed E-state index contributed by atoms with van der Waals surface area (Å²) in [6.07, 6.45) is 2.25. The molecule has 108 valence electrons. The minimum absolute atomic E-state index is 0.0110. The van der Waals surface area contributed by atoms with E-state index in [1.54, 1.807) is 12.1 Å². The fourth-order valence-electron chi connectivity index (χ4n) is 3.25. The van der Waals surface area contributed by atoms with Crippen LogP contribution in [0.2, 0.25) is 0 Å². The Morgan fingerprint density at radius 1 is 1.35 bits per heavy atom. The summed E-state index contributed by atoms with van der Waals surface area (Å²) in [4.78, 5) is 13.4. The molecule has 2 aliphatic rings. The van der Waals surface area contributed by atoms with E-state index in [1.807, 2.05) is 6.07 Å². The Balaban J connectivity index is 1.99. The summed E-state index contributed by atoms with van der Waals surface area (Å²) in [5.74, 6) is -0.492. The summed E-state index contributed by atoms with van der Waals surface area (Å²) in [6.45, 7) is 0.802. The number of sulfone groups is 1. The molecule has 1 atom stereocenters. The molecule has 2 aliphatic heterocycles. The topological polar surface area (TPSA) is 74.7 Å². The van der Waals surface area contributed by atoms with Crippen molar-refractivity contribution >= 4 is 21.5 Å². The molecule has 3 rings (SSSR count). The van der Waals surface area contributed by atoms with Gasteiger partial charge in [-0.2, -0.15) is 0 Å². The zero-order valence-corrected chi connectivity index (χ0v) is 11.9. The number of fused-ring (bicyclic) bond motifs is 1. The molecule has 0 aliphatic carbocycles. The third-order valence-corrected chi connectivity index (χ3v) is 5.92. The van der Waals surface area contributed by atoms with E-state index in [9.17, 15) is 18.3 Å². The lowest BCUT2D eigenvalue weighted by atomic mass is 9.95. The van der Waals surface area contributed by atoms with Crippen molar-refractivity contribution in [3.05, 3.63) is 29.3 Å². The van der Waals surface area contributed by atoms with E-state index in [0.29, 0.717) is 12.0 Å². The van der Waals surface area contributed by atoms with Crippen LogP contribution in [0.4, 0.5) is 5.69 Å². The van der Waals surface area contributed by atoms with Crippen LogP contribution >= 0.6 is 0 Å². The number of anilines is 1. The predicted octanol–water partition coefficient (Wildman–Crippen LogP) is 1.32. The molecule has 1 unspecified atom stereocenters. The molecule has 2 heterocycles. The quantitative estimate of drug-likeness (QED) is 0.891. The average Bonchev–Trinajstić information content (AvgIpc) is 2.77. The van der Waals surface area contributed by atoms with Crippen LogP contribution in [0, 0.1) is 0 Å². The third-order valence-electron chi connectivity index (χ3n) is 4.17. The van der Waals surface area contributed by atoms with E-state index < -0.39 is 15.8 Å². The maximum atomic E-state index is 11.6. The van der Waals surface area contributed by atoms with Crippen molar-refractivity contribution in [1.29, 1.82) is 0 Å². The molecule has 0 bridgehead atoms. The highest BCUT2D eigenvalue weighted by Crippen LogP contribution is 2.33. The van der Waals surface area contributed by atoms with Crippen molar-refractivity contribution in [1.82, 2.24) is 0 Å². The van der Waals surface area contributed by atoms with Gasteiger partial charge in [0, 0.05) is 18.3 Å². The van der Waals surface area contributed by atoms with Crippen molar-refractivity contribution in [2.45, 2.75) is 25.3 Å². The van der Waals surface area contributed by atoms with Crippen LogP contribution < -0.4 is 4.90 Å². The van der Waals surface area contributed by atoms with Crippen LogP contribution in [0.1, 0.15) is 28.8 Å². The summed E-state index contributed by atoms with van der Waals surface area (Å²) in [7, 11) is -2.93. The molecule has 20 heavy (non-hydrogen) atoms. The van der Waals surface area contributed by atoms with Gasteiger partial charge in [0.2, 0.25) is 0 Å². The summed E-state index contributed by atoms with van der Waals surface area (Å²) in [6, 6.07) is 5.26. The fourth-order valence-corrected chi connectivity index (χ4v) is 4.98. The molecule has 1 N–H and O–H groups in total. The van der Waals surface area contributed by atoms with Crippen molar-refractivity contribution < 1.29 is 18.3 Å². The van der Waals surface area contributed by atoms with Gasteiger partial charge in [-0.15, -0.1) is 0 Å². The first-order chi connectivity index (χ1) is 9.48. The van der Waals surface area contributed by atoms with Crippen molar-refractivity contribution in [3.63, 3.8) is 0 Å². The van der Waals surface area contributed by atoms with Gasteiger partial charge >= 0.3 is 5.97 Å². The molecular formula is C14H17NO4S. The van der Waals surface area contributed by atoms with E-state index in [4.69, 9.17) is 0 Å². The zero-order valence-electron chi connectivity index (χ0n) is 11.1. The van der Waals surface area contributed by atoms with Gasteiger partial charge in [-0.1, -0.05) is 6.07 Å². The van der Waals surface area contributed by atoms with Gasteiger partial charge in [0.1, 0.15) is 0 Å². The molecule has 0 spiro atoms. The van der Waals surface area contributed by atoms with Gasteiger partial charge in [0.25, 0.3) is 0 Å². The van der Waals surface area contributed by atoms with Crippen LogP contribution in [0.5, 0.6) is 0 Å². The first-order valence-electron chi connectivity index (χ1n) is 6.80. The fraction of sp³-hybridized carbons (Fsp3) is 0.500. The van der Waals surface area contributed by atoms with Crippen molar-refractivity contribution in [2.75, 3.05) is 23.0 Å². The number of benzene rings is 1. The molecule has 6 heteroatoms. The molecule has 0 amide bonds. The first-order valence-corrected chi connectivity index (χ1v) is 8.62. The number of hydrogen-bond acceptors (Lipinski definition) is 4.